The molecule has 2 unspecified atom stereocenters. The fourth-order valence-corrected chi connectivity index (χ4v) is 5.56. The highest BCUT2D eigenvalue weighted by Gasteiger charge is 2.41. The summed E-state index contributed by atoms with van der Waals surface area (Å²) in [5, 5.41) is 7.79. The summed E-state index contributed by atoms with van der Waals surface area (Å²) >= 11 is 5.64. The van der Waals surface area contributed by atoms with Crippen molar-refractivity contribution in [1.82, 2.24) is 5.32 Å². The third kappa shape index (κ3) is 4.73. The van der Waals surface area contributed by atoms with Crippen molar-refractivity contribution in [3.05, 3.63) is 65.2 Å². The summed E-state index contributed by atoms with van der Waals surface area (Å²) in [5.41, 5.74) is 5.07. The highest BCUT2D eigenvalue weighted by molar-refractivity contribution is 7.80. The molecule has 28 heavy (non-hydrogen) atoms. The second kappa shape index (κ2) is 8.62. The van der Waals surface area contributed by atoms with E-state index in [1.54, 1.807) is 4.90 Å². The van der Waals surface area contributed by atoms with Crippen LogP contribution in [0, 0.1) is 13.8 Å². The first-order valence-corrected chi connectivity index (χ1v) is 11.0. The van der Waals surface area contributed by atoms with Gasteiger partial charge in [0.2, 0.25) is 0 Å². The summed E-state index contributed by atoms with van der Waals surface area (Å²) < 4.78 is 0. The molecule has 2 fully saturated rings. The van der Waals surface area contributed by atoms with E-state index < -0.39 is 0 Å². The molecule has 148 valence electrons. The van der Waals surface area contributed by atoms with E-state index in [0.29, 0.717) is 6.04 Å². The molecule has 2 heterocycles. The Labute approximate surface area is 174 Å². The van der Waals surface area contributed by atoms with Crippen molar-refractivity contribution in [3.63, 3.8) is 0 Å². The number of rotatable bonds is 4. The number of thiocarbonyl (C=S) groups is 1. The van der Waals surface area contributed by atoms with Crippen LogP contribution in [0.15, 0.2) is 48.5 Å². The zero-order valence-corrected chi connectivity index (χ0v) is 17.8. The molecule has 0 spiro atoms. The molecule has 0 amide bonds. The van der Waals surface area contributed by atoms with Gasteiger partial charge in [0, 0.05) is 30.1 Å². The van der Waals surface area contributed by atoms with Crippen LogP contribution in [0.25, 0.3) is 0 Å². The van der Waals surface area contributed by atoms with Gasteiger partial charge in [0.1, 0.15) is 6.54 Å². The van der Waals surface area contributed by atoms with E-state index in [0.717, 1.165) is 29.4 Å². The largest absolute Gasteiger partial charge is 0.359 e. The van der Waals surface area contributed by atoms with Gasteiger partial charge in [-0.2, -0.15) is 0 Å². The Morgan fingerprint density at radius 3 is 2.29 bits per heavy atom. The molecule has 2 aliphatic rings. The zero-order chi connectivity index (χ0) is 19.5. The van der Waals surface area contributed by atoms with Crippen LogP contribution >= 0.6 is 12.2 Å². The molecule has 4 heteroatoms. The van der Waals surface area contributed by atoms with Gasteiger partial charge in [-0.05, 0) is 68.6 Å². The van der Waals surface area contributed by atoms with Gasteiger partial charge in [0.05, 0.1) is 12.1 Å². The summed E-state index contributed by atoms with van der Waals surface area (Å²) in [7, 11) is 0. The van der Waals surface area contributed by atoms with Gasteiger partial charge >= 0.3 is 0 Å². The van der Waals surface area contributed by atoms with Gasteiger partial charge in [-0.25, -0.2) is 0 Å². The van der Waals surface area contributed by atoms with Gasteiger partial charge < -0.3 is 15.5 Å². The lowest BCUT2D eigenvalue weighted by molar-refractivity contribution is -0.973. The highest BCUT2D eigenvalue weighted by atomic mass is 32.1. The van der Waals surface area contributed by atoms with E-state index in [9.17, 15) is 0 Å². The van der Waals surface area contributed by atoms with E-state index in [1.165, 1.54) is 48.8 Å². The lowest BCUT2D eigenvalue weighted by atomic mass is 9.81. The van der Waals surface area contributed by atoms with E-state index in [2.05, 4.69) is 73.0 Å². The molecular weight excluding hydrogens is 362 g/mol. The molecule has 3 N–H and O–H groups in total. The fraction of sp³-hybridized carbons (Fsp3) is 0.458. The van der Waals surface area contributed by atoms with Crippen LogP contribution in [0.5, 0.6) is 0 Å². The lowest BCUT2D eigenvalue weighted by Gasteiger charge is -2.46. The molecule has 0 saturated carbocycles. The third-order valence-corrected chi connectivity index (χ3v) is 6.58. The van der Waals surface area contributed by atoms with Crippen molar-refractivity contribution in [2.45, 2.75) is 70.6 Å². The van der Waals surface area contributed by atoms with Crippen LogP contribution in [0.1, 0.15) is 48.8 Å². The minimum atomic E-state index is 0.487. The lowest BCUT2D eigenvalue weighted by Crippen LogP contribution is -3.20. The summed E-state index contributed by atoms with van der Waals surface area (Å²) in [4.78, 5) is 1.80. The molecule has 2 saturated heterocycles. The average Bonchev–Trinajstić information content (AvgIpc) is 2.62. The fourth-order valence-electron chi connectivity index (χ4n) is 5.27. The molecular formula is C24H32N3S+. The van der Waals surface area contributed by atoms with E-state index in [1.807, 2.05) is 0 Å². The topological polar surface area (TPSA) is 28.5 Å². The monoisotopic (exact) mass is 394 g/mol. The van der Waals surface area contributed by atoms with Crippen molar-refractivity contribution in [2.75, 3.05) is 5.32 Å². The smallest absolute Gasteiger partial charge is 0.171 e. The van der Waals surface area contributed by atoms with Crippen molar-refractivity contribution >= 4 is 23.0 Å². The molecule has 3 nitrogen and oxygen atoms in total. The predicted molar refractivity (Wildman–Crippen MR) is 121 cm³/mol. The zero-order valence-electron chi connectivity index (χ0n) is 17.0. The number of hydrogen-bond donors (Lipinski definition) is 3. The number of nitrogens with one attached hydrogen (secondary N) is 3. The maximum Gasteiger partial charge on any atom is 0.171 e. The molecule has 2 aliphatic heterocycles. The summed E-state index contributed by atoms with van der Waals surface area (Å²) in [6.45, 7) is 5.41. The Hall–Kier alpha value is -1.91. The van der Waals surface area contributed by atoms with Gasteiger partial charge in [-0.1, -0.05) is 36.4 Å². The van der Waals surface area contributed by atoms with Crippen molar-refractivity contribution in [3.8, 4) is 0 Å². The first kappa shape index (κ1) is 19.4. The number of quaternary nitrogens is 1. The highest BCUT2D eigenvalue weighted by Crippen LogP contribution is 2.23. The van der Waals surface area contributed by atoms with Gasteiger partial charge in [-0.15, -0.1) is 0 Å². The van der Waals surface area contributed by atoms with E-state index >= 15 is 0 Å². The molecule has 4 rings (SSSR count). The molecule has 2 bridgehead atoms. The number of aryl methyl sites for hydroxylation is 2. The van der Waals surface area contributed by atoms with Crippen molar-refractivity contribution in [2.24, 2.45) is 0 Å². The second-order valence-corrected chi connectivity index (χ2v) is 9.11. The maximum atomic E-state index is 5.64. The second-order valence-electron chi connectivity index (χ2n) is 8.71. The number of hydrogen-bond acceptors (Lipinski definition) is 1. The number of benzene rings is 2. The summed E-state index contributed by atoms with van der Waals surface area (Å²) in [5.74, 6) is 0. The molecule has 0 radical (unpaired) electrons. The van der Waals surface area contributed by atoms with E-state index in [4.69, 9.17) is 12.2 Å². The Kier molecular flexibility index (Phi) is 5.98. The molecule has 2 aromatic carbocycles. The Balaban J connectivity index is 1.36. The number of anilines is 1. The quantitative estimate of drug-likeness (QED) is 0.690. The molecule has 2 aromatic rings. The maximum absolute atomic E-state index is 5.64. The van der Waals surface area contributed by atoms with Crippen molar-refractivity contribution in [1.29, 1.82) is 0 Å². The van der Waals surface area contributed by atoms with Gasteiger partial charge in [-0.3, -0.25) is 0 Å². The Morgan fingerprint density at radius 2 is 1.64 bits per heavy atom. The summed E-state index contributed by atoms with van der Waals surface area (Å²) in [6.07, 6.45) is 6.49. The average molecular weight is 395 g/mol. The first-order chi connectivity index (χ1) is 13.6. The molecule has 0 aromatic heterocycles. The van der Waals surface area contributed by atoms with Gasteiger partial charge in [0.25, 0.3) is 0 Å². The van der Waals surface area contributed by atoms with Crippen molar-refractivity contribution < 1.29 is 4.90 Å². The Morgan fingerprint density at radius 1 is 1.00 bits per heavy atom. The molecule has 0 aliphatic carbocycles. The standard InChI is InChI=1S/C24H31N3S/c1-17-11-18(2)13-20(12-17)25-24(28)26-21-14-22-9-6-10-23(15-21)27(22)16-19-7-4-3-5-8-19/h3-5,7-8,11-13,21-23H,6,9-10,14-16H2,1-2H3,(H2,25,26,28)/p+1/t21?,22-,23+. The SMILES string of the molecule is Cc1cc(C)cc(NC(=S)NC2C[C@H]3CCC[C@@H](C2)[NH+]3Cc2ccccc2)c1. The minimum absolute atomic E-state index is 0.487. The first-order valence-electron chi connectivity index (χ1n) is 10.6. The van der Waals surface area contributed by atoms with Crippen LogP contribution in [-0.4, -0.2) is 23.2 Å². The Bertz CT molecular complexity index is 786. The van der Waals surface area contributed by atoms with E-state index in [-0.39, 0.29) is 0 Å². The van der Waals surface area contributed by atoms with Crippen LogP contribution in [0.3, 0.4) is 0 Å². The molecule has 4 atom stereocenters. The minimum Gasteiger partial charge on any atom is -0.359 e. The number of fused-ring (bicyclic) bond motifs is 2. The van der Waals surface area contributed by atoms with Gasteiger partial charge in [0.15, 0.2) is 5.11 Å². The third-order valence-electron chi connectivity index (χ3n) is 6.36. The van der Waals surface area contributed by atoms with Crippen LogP contribution in [0.2, 0.25) is 0 Å². The van der Waals surface area contributed by atoms with Crippen LogP contribution in [0.4, 0.5) is 5.69 Å². The van der Waals surface area contributed by atoms with Crippen LogP contribution in [-0.2, 0) is 6.54 Å². The van der Waals surface area contributed by atoms with Crippen LogP contribution < -0.4 is 15.5 Å². The summed E-state index contributed by atoms with van der Waals surface area (Å²) in [6, 6.07) is 19.5. The number of piperidine rings is 2. The normalized spacial score (nSPS) is 26.5. The predicted octanol–water partition coefficient (Wildman–Crippen LogP) is 3.76.